The first-order chi connectivity index (χ1) is 16.7. The zero-order chi connectivity index (χ0) is 24.7. The molecule has 0 radical (unpaired) electrons. The molecule has 0 spiro atoms. The number of nitrogens with two attached hydrogens (primary N) is 1. The van der Waals surface area contributed by atoms with Crippen LogP contribution in [-0.2, 0) is 10.0 Å². The molecule has 3 atom stereocenters. The molecule has 2 aliphatic rings. The zero-order valence-corrected chi connectivity index (χ0v) is 20.2. The van der Waals surface area contributed by atoms with Gasteiger partial charge in [0.05, 0.1) is 22.5 Å². The van der Waals surface area contributed by atoms with Gasteiger partial charge in [0.25, 0.3) is 0 Å². The van der Waals surface area contributed by atoms with Gasteiger partial charge in [-0.05, 0) is 67.7 Å². The van der Waals surface area contributed by atoms with Gasteiger partial charge in [0, 0.05) is 5.56 Å². The number of pyridine rings is 1. The Morgan fingerprint density at radius 3 is 2.51 bits per heavy atom. The van der Waals surface area contributed by atoms with E-state index in [4.69, 9.17) is 14.9 Å². The van der Waals surface area contributed by atoms with E-state index in [0.29, 0.717) is 28.6 Å². The first kappa shape index (κ1) is 23.4. The van der Waals surface area contributed by atoms with E-state index in [1.54, 1.807) is 24.3 Å². The summed E-state index contributed by atoms with van der Waals surface area (Å²) in [7, 11) is -3.66. The third-order valence-electron chi connectivity index (χ3n) is 6.13. The Hall–Kier alpha value is -3.37. The molecule has 2 heterocycles. The highest BCUT2D eigenvalue weighted by atomic mass is 32.2. The SMILES string of the molecule is CC(Nc1nc(OC2CC2)c2nc(-c3ccc(F)cc3)ccc2n1)C1=CC(C)C(S(N)(=O)=O)C=C1. The molecule has 2 aromatic heterocycles. The van der Waals surface area contributed by atoms with Crippen molar-refractivity contribution in [2.75, 3.05) is 5.32 Å². The third-order valence-corrected chi connectivity index (χ3v) is 7.48. The first-order valence-electron chi connectivity index (χ1n) is 11.5. The zero-order valence-electron chi connectivity index (χ0n) is 19.3. The van der Waals surface area contributed by atoms with E-state index in [-0.39, 0.29) is 23.9 Å². The van der Waals surface area contributed by atoms with Crippen LogP contribution in [0.4, 0.5) is 10.3 Å². The Balaban J connectivity index is 1.44. The second-order valence-corrected chi connectivity index (χ2v) is 10.8. The molecule has 35 heavy (non-hydrogen) atoms. The number of primary sulfonamides is 1. The van der Waals surface area contributed by atoms with Crippen molar-refractivity contribution in [2.24, 2.45) is 11.1 Å². The van der Waals surface area contributed by atoms with Crippen molar-refractivity contribution in [3.63, 3.8) is 0 Å². The Morgan fingerprint density at radius 1 is 1.11 bits per heavy atom. The Bertz CT molecular complexity index is 1440. The van der Waals surface area contributed by atoms with E-state index in [0.717, 1.165) is 24.0 Å². The molecule has 10 heteroatoms. The van der Waals surface area contributed by atoms with Crippen molar-refractivity contribution in [1.82, 2.24) is 15.0 Å². The predicted octanol–water partition coefficient (Wildman–Crippen LogP) is 3.96. The summed E-state index contributed by atoms with van der Waals surface area (Å²) in [4.78, 5) is 13.9. The lowest BCUT2D eigenvalue weighted by molar-refractivity contribution is 0.294. The molecular weight excluding hydrogens is 469 g/mol. The van der Waals surface area contributed by atoms with Gasteiger partial charge < -0.3 is 10.1 Å². The minimum atomic E-state index is -3.66. The minimum Gasteiger partial charge on any atom is -0.473 e. The number of aromatic nitrogens is 3. The summed E-state index contributed by atoms with van der Waals surface area (Å²) in [6.45, 7) is 3.77. The average molecular weight is 496 g/mol. The molecule has 0 amide bonds. The topological polar surface area (TPSA) is 120 Å². The van der Waals surface area contributed by atoms with Gasteiger partial charge in [0.2, 0.25) is 21.9 Å². The Kier molecular flexibility index (Phi) is 6.02. The minimum absolute atomic E-state index is 0.106. The number of ether oxygens (including phenoxy) is 1. The van der Waals surface area contributed by atoms with E-state index < -0.39 is 15.3 Å². The molecule has 1 fully saturated rings. The maximum absolute atomic E-state index is 13.3. The van der Waals surface area contributed by atoms with Crippen LogP contribution in [0.2, 0.25) is 0 Å². The third kappa shape index (κ3) is 5.18. The fraction of sp³-hybridized carbons (Fsp3) is 0.320. The van der Waals surface area contributed by atoms with Gasteiger partial charge in [0.15, 0.2) is 5.52 Å². The van der Waals surface area contributed by atoms with Crippen LogP contribution in [0.15, 0.2) is 60.2 Å². The number of nitrogens with one attached hydrogen (secondary N) is 1. The highest BCUT2D eigenvalue weighted by Gasteiger charge is 2.29. The van der Waals surface area contributed by atoms with Crippen molar-refractivity contribution in [1.29, 1.82) is 0 Å². The second kappa shape index (κ2) is 9.01. The Labute approximate surface area is 203 Å². The summed E-state index contributed by atoms with van der Waals surface area (Å²) < 4.78 is 42.9. The number of hydrogen-bond donors (Lipinski definition) is 2. The summed E-state index contributed by atoms with van der Waals surface area (Å²) in [5.41, 5.74) is 3.53. The van der Waals surface area contributed by atoms with E-state index in [1.165, 1.54) is 12.1 Å². The summed E-state index contributed by atoms with van der Waals surface area (Å²) in [5.74, 6) is 0.215. The molecule has 1 aromatic carbocycles. The number of anilines is 1. The van der Waals surface area contributed by atoms with Crippen molar-refractivity contribution in [3.05, 3.63) is 66.0 Å². The number of rotatable bonds is 7. The number of allylic oxidation sites excluding steroid dienone is 1. The van der Waals surface area contributed by atoms with Crippen molar-refractivity contribution in [2.45, 2.75) is 44.1 Å². The van der Waals surface area contributed by atoms with Gasteiger partial charge >= 0.3 is 0 Å². The van der Waals surface area contributed by atoms with Crippen LogP contribution < -0.4 is 15.2 Å². The van der Waals surface area contributed by atoms with E-state index in [9.17, 15) is 12.8 Å². The summed E-state index contributed by atoms with van der Waals surface area (Å²) >= 11 is 0. The van der Waals surface area contributed by atoms with E-state index >= 15 is 0 Å². The average Bonchev–Trinajstić information content (AvgIpc) is 3.62. The number of sulfonamides is 1. The number of nitrogens with zero attached hydrogens (tertiary/aromatic N) is 3. The molecule has 182 valence electrons. The van der Waals surface area contributed by atoms with Gasteiger partial charge in [-0.2, -0.15) is 4.98 Å². The smallest absolute Gasteiger partial charge is 0.245 e. The molecule has 3 unspecified atom stereocenters. The number of fused-ring (bicyclic) bond motifs is 1. The van der Waals surface area contributed by atoms with Crippen LogP contribution in [0.3, 0.4) is 0 Å². The van der Waals surface area contributed by atoms with Gasteiger partial charge in [-0.3, -0.25) is 0 Å². The van der Waals surface area contributed by atoms with Gasteiger partial charge in [-0.1, -0.05) is 25.2 Å². The number of benzene rings is 1. The quantitative estimate of drug-likeness (QED) is 0.509. The molecule has 1 saturated carbocycles. The molecule has 5 rings (SSSR count). The largest absolute Gasteiger partial charge is 0.473 e. The molecule has 0 saturated heterocycles. The summed E-state index contributed by atoms with van der Waals surface area (Å²) in [6, 6.07) is 9.64. The maximum Gasteiger partial charge on any atom is 0.245 e. The van der Waals surface area contributed by atoms with Crippen LogP contribution in [0.1, 0.15) is 26.7 Å². The maximum atomic E-state index is 13.3. The fourth-order valence-electron chi connectivity index (χ4n) is 4.07. The first-order valence-corrected chi connectivity index (χ1v) is 13.1. The molecule has 8 nitrogen and oxygen atoms in total. The molecule has 2 aliphatic carbocycles. The van der Waals surface area contributed by atoms with Crippen molar-refractivity contribution < 1.29 is 17.5 Å². The predicted molar refractivity (Wildman–Crippen MR) is 133 cm³/mol. The molecule has 3 N–H and O–H groups in total. The van der Waals surface area contributed by atoms with Crippen LogP contribution in [-0.4, -0.2) is 40.8 Å². The molecule has 3 aromatic rings. The molecule has 0 bridgehead atoms. The standard InChI is InChI=1S/C25H26FN5O3S/c1-14-13-17(5-12-22(14)35(27,32)33)15(2)28-25-30-21-11-10-20(16-3-6-18(26)7-4-16)29-23(21)24(31-25)34-19-8-9-19/h3-7,10-15,19,22H,8-9H2,1-2H3,(H2,27,32,33)(H,28,30,31). The Morgan fingerprint density at radius 2 is 1.86 bits per heavy atom. The highest BCUT2D eigenvalue weighted by Crippen LogP contribution is 2.32. The van der Waals surface area contributed by atoms with Gasteiger partial charge in [0.1, 0.15) is 11.9 Å². The van der Waals surface area contributed by atoms with Gasteiger partial charge in [-0.15, -0.1) is 0 Å². The molecular formula is C25H26FN5O3S. The van der Waals surface area contributed by atoms with Crippen LogP contribution in [0.5, 0.6) is 5.88 Å². The fourth-order valence-corrected chi connectivity index (χ4v) is 5.04. The van der Waals surface area contributed by atoms with Crippen LogP contribution in [0.25, 0.3) is 22.3 Å². The van der Waals surface area contributed by atoms with Gasteiger partial charge in [-0.25, -0.2) is 27.9 Å². The molecule has 0 aliphatic heterocycles. The van der Waals surface area contributed by atoms with E-state index in [1.807, 2.05) is 32.1 Å². The highest BCUT2D eigenvalue weighted by molar-refractivity contribution is 7.90. The second-order valence-electron chi connectivity index (χ2n) is 9.05. The normalized spacial score (nSPS) is 21.0. The lowest BCUT2D eigenvalue weighted by Gasteiger charge is -2.24. The van der Waals surface area contributed by atoms with Crippen molar-refractivity contribution in [3.8, 4) is 17.1 Å². The summed E-state index contributed by atoms with van der Waals surface area (Å²) in [5, 5.41) is 7.89. The van der Waals surface area contributed by atoms with Crippen LogP contribution >= 0.6 is 0 Å². The number of hydrogen-bond acceptors (Lipinski definition) is 7. The monoisotopic (exact) mass is 495 g/mol. The van der Waals surface area contributed by atoms with E-state index in [2.05, 4.69) is 15.3 Å². The van der Waals surface area contributed by atoms with Crippen LogP contribution in [0, 0.1) is 11.7 Å². The van der Waals surface area contributed by atoms with Crippen molar-refractivity contribution >= 4 is 27.0 Å². The lowest BCUT2D eigenvalue weighted by atomic mass is 9.94. The lowest BCUT2D eigenvalue weighted by Crippen LogP contribution is -2.34. The summed E-state index contributed by atoms with van der Waals surface area (Å²) in [6.07, 6.45) is 7.32. The number of halogens is 1.